The largest absolute Gasteiger partial charge is 0.493 e. The highest BCUT2D eigenvalue weighted by atomic mass is 35.5. The average Bonchev–Trinajstić information content (AvgIpc) is 3.06. The van der Waals surface area contributed by atoms with Gasteiger partial charge in [0, 0.05) is 5.02 Å². The minimum Gasteiger partial charge on any atom is -0.493 e. The number of hydrogen-bond acceptors (Lipinski definition) is 7. The average molecular weight is 471 g/mol. The molecule has 1 aliphatic heterocycles. The number of nitrogens with zero attached hydrogens (tertiary/aromatic N) is 1. The van der Waals surface area contributed by atoms with Gasteiger partial charge in [0.05, 0.1) is 29.8 Å². The van der Waals surface area contributed by atoms with Crippen molar-refractivity contribution in [1.29, 1.82) is 0 Å². The van der Waals surface area contributed by atoms with E-state index in [1.165, 1.54) is 32.4 Å². The molecule has 0 unspecified atom stereocenters. The van der Waals surface area contributed by atoms with Crippen LogP contribution in [0.5, 0.6) is 11.5 Å². The van der Waals surface area contributed by atoms with Crippen molar-refractivity contribution in [2.75, 3.05) is 20.8 Å². The van der Waals surface area contributed by atoms with Crippen molar-refractivity contribution in [2.24, 2.45) is 4.99 Å². The predicted octanol–water partition coefficient (Wildman–Crippen LogP) is 4.55. The van der Waals surface area contributed by atoms with E-state index in [9.17, 15) is 9.59 Å². The second kappa shape index (κ2) is 9.38. The molecule has 10 heteroatoms. The van der Waals surface area contributed by atoms with Crippen LogP contribution in [0.25, 0.3) is 6.08 Å². The van der Waals surface area contributed by atoms with Crippen LogP contribution in [0.1, 0.15) is 11.1 Å². The van der Waals surface area contributed by atoms with Crippen LogP contribution < -0.4 is 9.47 Å². The van der Waals surface area contributed by atoms with Gasteiger partial charge in [-0.15, -0.1) is 0 Å². The minimum atomic E-state index is -0.655. The Labute approximate surface area is 186 Å². The molecule has 0 bridgehead atoms. The zero-order chi connectivity index (χ0) is 21.8. The van der Waals surface area contributed by atoms with Gasteiger partial charge in [-0.25, -0.2) is 14.6 Å². The number of carbonyl (C=O) groups is 2. The van der Waals surface area contributed by atoms with Crippen LogP contribution >= 0.6 is 34.8 Å². The Morgan fingerprint density at radius 1 is 1.13 bits per heavy atom. The van der Waals surface area contributed by atoms with E-state index in [1.54, 1.807) is 18.2 Å². The number of ether oxygens (including phenoxy) is 4. The smallest absolute Gasteiger partial charge is 0.363 e. The van der Waals surface area contributed by atoms with Gasteiger partial charge in [0.2, 0.25) is 5.90 Å². The number of halogens is 3. The Morgan fingerprint density at radius 3 is 2.57 bits per heavy atom. The van der Waals surface area contributed by atoms with Gasteiger partial charge >= 0.3 is 11.9 Å². The maximum Gasteiger partial charge on any atom is 0.363 e. The van der Waals surface area contributed by atoms with E-state index in [-0.39, 0.29) is 34.7 Å². The van der Waals surface area contributed by atoms with Crippen LogP contribution in [0.15, 0.2) is 41.0 Å². The van der Waals surface area contributed by atoms with Gasteiger partial charge in [-0.3, -0.25) is 0 Å². The minimum absolute atomic E-state index is 0.0392. The SMILES string of the molecule is COC(=O)COc1c(Cl)cc(/C=C2\N=C(c3ccc(Cl)cc3Cl)OC2=O)cc1OC. The lowest BCUT2D eigenvalue weighted by molar-refractivity contribution is -0.143. The summed E-state index contributed by atoms with van der Waals surface area (Å²) in [6.07, 6.45) is 1.47. The first-order valence-corrected chi connectivity index (χ1v) is 9.51. The van der Waals surface area contributed by atoms with E-state index < -0.39 is 11.9 Å². The van der Waals surface area contributed by atoms with Crippen LogP contribution in [0.2, 0.25) is 15.1 Å². The summed E-state index contributed by atoms with van der Waals surface area (Å²) in [6, 6.07) is 7.83. The lowest BCUT2D eigenvalue weighted by atomic mass is 10.1. The third-order valence-corrected chi connectivity index (χ3v) is 4.73. The lowest BCUT2D eigenvalue weighted by Crippen LogP contribution is -2.13. The van der Waals surface area contributed by atoms with Gasteiger partial charge in [-0.2, -0.15) is 0 Å². The quantitative estimate of drug-likeness (QED) is 0.455. The molecule has 0 saturated heterocycles. The monoisotopic (exact) mass is 469 g/mol. The van der Waals surface area contributed by atoms with Crippen molar-refractivity contribution in [3.05, 3.63) is 62.2 Å². The number of carbonyl (C=O) groups excluding carboxylic acids is 2. The fourth-order valence-electron chi connectivity index (χ4n) is 2.50. The van der Waals surface area contributed by atoms with Crippen molar-refractivity contribution in [1.82, 2.24) is 0 Å². The summed E-state index contributed by atoms with van der Waals surface area (Å²) < 4.78 is 20.4. The van der Waals surface area contributed by atoms with Crippen molar-refractivity contribution in [3.8, 4) is 11.5 Å². The second-order valence-electron chi connectivity index (χ2n) is 5.86. The molecule has 0 saturated carbocycles. The normalized spacial score (nSPS) is 14.4. The summed E-state index contributed by atoms with van der Waals surface area (Å²) in [5.74, 6) is -0.746. The molecule has 0 amide bonds. The number of aliphatic imine (C=N–C) groups is 1. The summed E-state index contributed by atoms with van der Waals surface area (Å²) in [5, 5.41) is 0.911. The molecule has 0 aliphatic carbocycles. The lowest BCUT2D eigenvalue weighted by Gasteiger charge is -2.12. The van der Waals surface area contributed by atoms with Crippen LogP contribution in [0.3, 0.4) is 0 Å². The number of benzene rings is 2. The molecule has 0 radical (unpaired) electrons. The summed E-state index contributed by atoms with van der Waals surface area (Å²) in [7, 11) is 2.66. The highest BCUT2D eigenvalue weighted by Gasteiger charge is 2.26. The molecule has 1 heterocycles. The Kier molecular flexibility index (Phi) is 6.87. The molecule has 0 N–H and O–H groups in total. The van der Waals surface area contributed by atoms with E-state index in [2.05, 4.69) is 9.73 Å². The van der Waals surface area contributed by atoms with Crippen LogP contribution in [0, 0.1) is 0 Å². The number of hydrogen-bond donors (Lipinski definition) is 0. The number of methoxy groups -OCH3 is 2. The van der Waals surface area contributed by atoms with Gasteiger partial charge in [0.25, 0.3) is 0 Å². The Balaban J connectivity index is 1.92. The highest BCUT2D eigenvalue weighted by molar-refractivity contribution is 6.37. The van der Waals surface area contributed by atoms with E-state index in [0.717, 1.165) is 0 Å². The summed E-state index contributed by atoms with van der Waals surface area (Å²) >= 11 is 18.3. The van der Waals surface area contributed by atoms with Gasteiger partial charge in [-0.05, 0) is 42.0 Å². The summed E-state index contributed by atoms with van der Waals surface area (Å²) in [6.45, 7) is -0.338. The molecule has 3 rings (SSSR count). The molecule has 30 heavy (non-hydrogen) atoms. The Bertz CT molecular complexity index is 1080. The third-order valence-electron chi connectivity index (χ3n) is 3.90. The van der Waals surface area contributed by atoms with Crippen molar-refractivity contribution < 1.29 is 28.5 Å². The van der Waals surface area contributed by atoms with E-state index in [4.69, 9.17) is 49.0 Å². The second-order valence-corrected chi connectivity index (χ2v) is 7.11. The topological polar surface area (TPSA) is 83.4 Å². The molecule has 0 fully saturated rings. The molecule has 0 aromatic heterocycles. The number of cyclic esters (lactones) is 1. The first-order chi connectivity index (χ1) is 14.3. The molecule has 2 aromatic carbocycles. The molecule has 1 aliphatic rings. The summed E-state index contributed by atoms with van der Waals surface area (Å²) in [5.41, 5.74) is 0.971. The number of rotatable bonds is 6. The first-order valence-electron chi connectivity index (χ1n) is 8.37. The van der Waals surface area contributed by atoms with Crippen LogP contribution in [-0.4, -0.2) is 38.7 Å². The van der Waals surface area contributed by atoms with E-state index >= 15 is 0 Å². The zero-order valence-corrected chi connectivity index (χ0v) is 18.0. The number of esters is 2. The molecule has 2 aromatic rings. The van der Waals surface area contributed by atoms with Crippen molar-refractivity contribution >= 4 is 58.7 Å². The third kappa shape index (κ3) is 4.87. The maximum absolute atomic E-state index is 12.2. The Hall–Kier alpha value is -2.74. The summed E-state index contributed by atoms with van der Waals surface area (Å²) in [4.78, 5) is 27.7. The van der Waals surface area contributed by atoms with E-state index in [0.29, 0.717) is 21.2 Å². The van der Waals surface area contributed by atoms with Crippen molar-refractivity contribution in [2.45, 2.75) is 0 Å². The standard InChI is InChI=1S/C20H14Cl3NO6/c1-27-16-7-10(5-14(23)18(16)29-9-17(25)28-2)6-15-20(26)30-19(24-15)12-4-3-11(21)8-13(12)22/h3-8H,9H2,1-2H3/b15-6-. The maximum atomic E-state index is 12.2. The fourth-order valence-corrected chi connectivity index (χ4v) is 3.26. The van der Waals surface area contributed by atoms with Gasteiger partial charge in [0.1, 0.15) is 0 Å². The molecule has 0 spiro atoms. The Morgan fingerprint density at radius 2 is 1.90 bits per heavy atom. The fraction of sp³-hybridized carbons (Fsp3) is 0.150. The van der Waals surface area contributed by atoms with Crippen molar-refractivity contribution in [3.63, 3.8) is 0 Å². The van der Waals surface area contributed by atoms with Crippen LogP contribution in [-0.2, 0) is 19.1 Å². The van der Waals surface area contributed by atoms with Gasteiger partial charge in [0.15, 0.2) is 23.8 Å². The predicted molar refractivity (Wildman–Crippen MR) is 113 cm³/mol. The molecule has 0 atom stereocenters. The van der Waals surface area contributed by atoms with E-state index in [1.807, 2.05) is 0 Å². The zero-order valence-electron chi connectivity index (χ0n) is 15.7. The molecule has 7 nitrogen and oxygen atoms in total. The van der Waals surface area contributed by atoms with Gasteiger partial charge in [-0.1, -0.05) is 34.8 Å². The molecular weight excluding hydrogens is 457 g/mol. The first kappa shape index (κ1) is 22.0. The molecular formula is C20H14Cl3NO6. The highest BCUT2D eigenvalue weighted by Crippen LogP contribution is 2.37. The molecule has 156 valence electrons. The van der Waals surface area contributed by atoms with Gasteiger partial charge < -0.3 is 18.9 Å². The van der Waals surface area contributed by atoms with Crippen LogP contribution in [0.4, 0.5) is 0 Å².